The maximum atomic E-state index is 13.7. The predicted molar refractivity (Wildman–Crippen MR) is 199 cm³/mol. The largest absolute Gasteiger partial charge is 0.300 e. The van der Waals surface area contributed by atoms with Crippen LogP contribution >= 0.6 is 7.92 Å². The number of nitrogens with zero attached hydrogens (tertiary/aromatic N) is 2. The number of carbonyl (C=O) groups is 1. The molecule has 2 aromatic heterocycles. The van der Waals surface area contributed by atoms with E-state index in [-0.39, 0.29) is 17.1 Å². The maximum Gasteiger partial charge on any atom is 0.134 e. The molecule has 3 heterocycles. The molecule has 1 aliphatic rings. The van der Waals surface area contributed by atoms with E-state index in [9.17, 15) is 4.79 Å². The van der Waals surface area contributed by atoms with Crippen LogP contribution in [0.4, 0.5) is 0 Å². The summed E-state index contributed by atoms with van der Waals surface area (Å²) in [5.74, 6) is 0.290. The lowest BCUT2D eigenvalue weighted by molar-refractivity contribution is -0.119. The zero-order chi connectivity index (χ0) is 33.7. The number of hydrogen-bond donors (Lipinski definition) is 0. The van der Waals surface area contributed by atoms with Gasteiger partial charge in [0.25, 0.3) is 0 Å². The Labute approximate surface area is 282 Å². The molecule has 47 heavy (non-hydrogen) atoms. The molecule has 0 aliphatic carbocycles. The van der Waals surface area contributed by atoms with Crippen LogP contribution in [0.25, 0.3) is 22.3 Å². The van der Waals surface area contributed by atoms with E-state index in [1.807, 2.05) is 24.5 Å². The highest BCUT2D eigenvalue weighted by Gasteiger charge is 2.43. The Kier molecular flexibility index (Phi) is 9.07. The Morgan fingerprint density at radius 1 is 0.489 bits per heavy atom. The predicted octanol–water partition coefficient (Wildman–Crippen LogP) is 10.8. The van der Waals surface area contributed by atoms with E-state index in [0.29, 0.717) is 12.8 Å². The molecule has 1 saturated heterocycles. The standard InChI is InChI=1S/C43H47N2OP/c1-24-26(3)30(7)41(31(8)27(24)4)35-16-15-17-36(42-32(9)28(5)25(2)29(6)33(42)10)43(35)47-39(37-18-11-13-20-44-37)22-34(46)23-40(47)38-19-12-14-21-45-38/h11-21,39-40H,22-23H2,1-10H3. The van der Waals surface area contributed by atoms with Crippen molar-refractivity contribution in [1.29, 1.82) is 0 Å². The van der Waals surface area contributed by atoms with E-state index in [1.165, 1.54) is 83.2 Å². The van der Waals surface area contributed by atoms with Gasteiger partial charge in [0, 0.05) is 47.9 Å². The molecule has 240 valence electrons. The minimum absolute atomic E-state index is 0.0270. The number of benzene rings is 3. The van der Waals surface area contributed by atoms with E-state index < -0.39 is 7.92 Å². The van der Waals surface area contributed by atoms with Gasteiger partial charge in [-0.1, -0.05) is 38.3 Å². The summed E-state index contributed by atoms with van der Waals surface area (Å²) in [6, 6.07) is 19.3. The van der Waals surface area contributed by atoms with Crippen molar-refractivity contribution < 1.29 is 4.79 Å². The van der Waals surface area contributed by atoms with Gasteiger partial charge >= 0.3 is 0 Å². The summed E-state index contributed by atoms with van der Waals surface area (Å²) in [5.41, 5.74) is 20.7. The SMILES string of the molecule is Cc1c(C)c(C)c(-c2cccc(-c3c(C)c(C)c(C)c(C)c3C)c2P2C(c3ccccn3)CC(=O)CC2c2ccccn2)c(C)c1C. The van der Waals surface area contributed by atoms with Crippen molar-refractivity contribution in [3.05, 3.63) is 134 Å². The van der Waals surface area contributed by atoms with E-state index in [0.717, 1.165) is 11.4 Å². The molecular formula is C43H47N2OP. The summed E-state index contributed by atoms with van der Waals surface area (Å²) in [5, 5.41) is 1.38. The first-order valence-electron chi connectivity index (χ1n) is 16.8. The molecule has 6 rings (SSSR count). The second-order valence-corrected chi connectivity index (χ2v) is 16.1. The lowest BCUT2D eigenvalue weighted by Crippen LogP contribution is -2.27. The molecule has 1 aliphatic heterocycles. The van der Waals surface area contributed by atoms with Gasteiger partial charge in [0.1, 0.15) is 5.78 Å². The molecular weight excluding hydrogens is 591 g/mol. The number of aromatic nitrogens is 2. The second-order valence-electron chi connectivity index (χ2n) is 13.6. The van der Waals surface area contributed by atoms with Gasteiger partial charge in [0.15, 0.2) is 0 Å². The Hall–Kier alpha value is -3.94. The van der Waals surface area contributed by atoms with Crippen LogP contribution in [0.2, 0.25) is 0 Å². The fourth-order valence-electron chi connectivity index (χ4n) is 7.91. The fraction of sp³-hybridized carbons (Fsp3) is 0.326. The van der Waals surface area contributed by atoms with Crippen molar-refractivity contribution in [3.8, 4) is 22.3 Å². The number of ketones is 1. The van der Waals surface area contributed by atoms with Gasteiger partial charge in [-0.25, -0.2) is 0 Å². The smallest absolute Gasteiger partial charge is 0.134 e. The minimum atomic E-state index is -1.01. The van der Waals surface area contributed by atoms with Crippen molar-refractivity contribution in [2.75, 3.05) is 0 Å². The molecule has 0 bridgehead atoms. The number of Topliss-reactive ketones (excluding diaryl/α,β-unsaturated/α-hetero) is 1. The number of rotatable bonds is 5. The molecule has 0 radical (unpaired) electrons. The van der Waals surface area contributed by atoms with Gasteiger partial charge in [-0.15, -0.1) is 0 Å². The number of hydrogen-bond acceptors (Lipinski definition) is 3. The van der Waals surface area contributed by atoms with Gasteiger partial charge in [-0.2, -0.15) is 0 Å². The summed E-state index contributed by atoms with van der Waals surface area (Å²) in [6.45, 7) is 22.7. The van der Waals surface area contributed by atoms with Crippen LogP contribution in [-0.2, 0) is 4.79 Å². The minimum Gasteiger partial charge on any atom is -0.300 e. The van der Waals surface area contributed by atoms with Crippen molar-refractivity contribution >= 4 is 19.0 Å². The summed E-state index contributed by atoms with van der Waals surface area (Å²) in [7, 11) is -1.01. The first-order chi connectivity index (χ1) is 22.4. The van der Waals surface area contributed by atoms with Gasteiger partial charge in [0.2, 0.25) is 0 Å². The molecule has 3 nitrogen and oxygen atoms in total. The molecule has 2 atom stereocenters. The third kappa shape index (κ3) is 5.57. The molecule has 0 saturated carbocycles. The van der Waals surface area contributed by atoms with Gasteiger partial charge in [0.05, 0.1) is 0 Å². The molecule has 1 fully saturated rings. The normalized spacial score (nSPS) is 18.1. The number of pyridine rings is 2. The van der Waals surface area contributed by atoms with Crippen LogP contribution in [0.3, 0.4) is 0 Å². The fourth-order valence-corrected chi connectivity index (χ4v) is 11.6. The topological polar surface area (TPSA) is 42.9 Å². The van der Waals surface area contributed by atoms with E-state index in [1.54, 1.807) is 0 Å². The van der Waals surface area contributed by atoms with E-state index >= 15 is 0 Å². The lowest BCUT2D eigenvalue weighted by Gasteiger charge is -2.40. The highest BCUT2D eigenvalue weighted by Crippen LogP contribution is 2.67. The number of carbonyl (C=O) groups excluding carboxylic acids is 1. The first-order valence-corrected chi connectivity index (χ1v) is 18.3. The molecule has 4 heteroatoms. The molecule has 3 aromatic carbocycles. The first kappa shape index (κ1) is 33.0. The van der Waals surface area contributed by atoms with Crippen LogP contribution in [0.5, 0.6) is 0 Å². The van der Waals surface area contributed by atoms with Crippen LogP contribution in [0.15, 0.2) is 67.0 Å². The Morgan fingerprint density at radius 3 is 1.19 bits per heavy atom. The lowest BCUT2D eigenvalue weighted by atomic mass is 9.83. The van der Waals surface area contributed by atoms with Crippen LogP contribution in [0, 0.1) is 69.2 Å². The molecule has 0 N–H and O–H groups in total. The maximum absolute atomic E-state index is 13.7. The van der Waals surface area contributed by atoms with Crippen molar-refractivity contribution in [1.82, 2.24) is 9.97 Å². The van der Waals surface area contributed by atoms with Crippen LogP contribution in [-0.4, -0.2) is 15.8 Å². The zero-order valence-corrected chi connectivity index (χ0v) is 30.6. The van der Waals surface area contributed by atoms with Gasteiger partial charge in [-0.05, 0) is 177 Å². The van der Waals surface area contributed by atoms with Crippen molar-refractivity contribution in [2.45, 2.75) is 93.4 Å². The average Bonchev–Trinajstić information content (AvgIpc) is 3.09. The highest BCUT2D eigenvalue weighted by molar-refractivity contribution is 7.67. The van der Waals surface area contributed by atoms with E-state index in [4.69, 9.17) is 9.97 Å². The Balaban J connectivity index is 1.81. The average molecular weight is 639 g/mol. The second kappa shape index (κ2) is 12.9. The quantitative estimate of drug-likeness (QED) is 0.180. The molecule has 0 amide bonds. The molecule has 0 spiro atoms. The van der Waals surface area contributed by atoms with Gasteiger partial charge < -0.3 is 0 Å². The van der Waals surface area contributed by atoms with Crippen molar-refractivity contribution in [2.24, 2.45) is 0 Å². The Morgan fingerprint density at radius 2 is 0.851 bits per heavy atom. The van der Waals surface area contributed by atoms with E-state index in [2.05, 4.69) is 112 Å². The van der Waals surface area contributed by atoms with Crippen LogP contribution in [0.1, 0.15) is 91.2 Å². The summed E-state index contributed by atoms with van der Waals surface area (Å²) in [6.07, 6.45) is 4.75. The summed E-state index contributed by atoms with van der Waals surface area (Å²) < 4.78 is 0. The highest BCUT2D eigenvalue weighted by atomic mass is 31.1. The van der Waals surface area contributed by atoms with Crippen LogP contribution < -0.4 is 5.30 Å². The van der Waals surface area contributed by atoms with Gasteiger partial charge in [-0.3, -0.25) is 14.8 Å². The third-order valence-corrected chi connectivity index (χ3v) is 14.6. The zero-order valence-electron chi connectivity index (χ0n) is 29.7. The molecule has 5 aromatic rings. The summed E-state index contributed by atoms with van der Waals surface area (Å²) >= 11 is 0. The third-order valence-electron chi connectivity index (χ3n) is 11.4. The van der Waals surface area contributed by atoms with Crippen molar-refractivity contribution in [3.63, 3.8) is 0 Å². The summed E-state index contributed by atoms with van der Waals surface area (Å²) in [4.78, 5) is 23.6. The Bertz CT molecular complexity index is 1810. The molecule has 2 unspecified atom stereocenters. The monoisotopic (exact) mass is 638 g/mol.